The lowest BCUT2D eigenvalue weighted by Gasteiger charge is -2.14. The van der Waals surface area contributed by atoms with Crippen molar-refractivity contribution in [1.29, 1.82) is 0 Å². The molecular weight excluding hydrogens is 484 g/mol. The number of para-hydroxylation sites is 1. The van der Waals surface area contributed by atoms with Crippen LogP contribution in [0.1, 0.15) is 5.56 Å². The minimum absolute atomic E-state index is 0.0491. The van der Waals surface area contributed by atoms with Crippen LogP contribution >= 0.6 is 23.2 Å². The minimum Gasteiger partial charge on any atom is -0.481 e. The van der Waals surface area contributed by atoms with E-state index < -0.39 is 30.1 Å². The van der Waals surface area contributed by atoms with Gasteiger partial charge in [-0.05, 0) is 54.1 Å². The summed E-state index contributed by atoms with van der Waals surface area (Å²) in [7, 11) is 0. The zero-order chi connectivity index (χ0) is 24.2. The van der Waals surface area contributed by atoms with Gasteiger partial charge in [0, 0.05) is 5.69 Å². The predicted octanol–water partition coefficient (Wildman–Crippen LogP) is 4.61. The molecule has 0 spiro atoms. The normalized spacial score (nSPS) is 14.3. The first-order valence-electron chi connectivity index (χ1n) is 9.91. The largest absolute Gasteiger partial charge is 0.481 e. The molecule has 3 amide bonds. The summed E-state index contributed by atoms with van der Waals surface area (Å²) in [5.74, 6) is -2.09. The van der Waals surface area contributed by atoms with Crippen molar-refractivity contribution in [3.8, 4) is 5.75 Å². The topological polar surface area (TPSA) is 87.7 Å². The van der Waals surface area contributed by atoms with Gasteiger partial charge in [-0.3, -0.25) is 19.8 Å². The van der Waals surface area contributed by atoms with E-state index in [9.17, 15) is 18.8 Å². The van der Waals surface area contributed by atoms with Crippen LogP contribution in [0.4, 0.5) is 15.8 Å². The summed E-state index contributed by atoms with van der Waals surface area (Å²) >= 11 is 12.5. The smallest absolute Gasteiger partial charge is 0.282 e. The standard InChI is InChI=1S/C24H16Cl2FN3O4/c25-19-10-14(9-18-23(32)29-30(24(18)33)17-7-2-1-3-8-17)11-20(26)22(19)34-13-21(31)28-16-6-4-5-15(27)12-16/h1-12H,13H2,(H,28,31)(H,29,32). The van der Waals surface area contributed by atoms with Gasteiger partial charge < -0.3 is 10.1 Å². The molecule has 1 heterocycles. The zero-order valence-electron chi connectivity index (χ0n) is 17.3. The monoisotopic (exact) mass is 499 g/mol. The average Bonchev–Trinajstić information content (AvgIpc) is 3.07. The molecule has 10 heteroatoms. The summed E-state index contributed by atoms with van der Waals surface area (Å²) in [6, 6.07) is 17.0. The number of rotatable bonds is 6. The molecule has 1 aliphatic heterocycles. The number of nitrogens with one attached hydrogen (secondary N) is 2. The summed E-state index contributed by atoms with van der Waals surface area (Å²) in [6.07, 6.45) is 1.36. The molecule has 0 bridgehead atoms. The van der Waals surface area contributed by atoms with Crippen LogP contribution in [0.2, 0.25) is 10.0 Å². The first-order valence-corrected chi connectivity index (χ1v) is 10.7. The maximum atomic E-state index is 13.2. The highest BCUT2D eigenvalue weighted by Crippen LogP contribution is 2.35. The van der Waals surface area contributed by atoms with E-state index in [0.29, 0.717) is 11.3 Å². The lowest BCUT2D eigenvalue weighted by atomic mass is 10.1. The molecule has 3 aromatic carbocycles. The van der Waals surface area contributed by atoms with E-state index in [0.717, 1.165) is 5.01 Å². The van der Waals surface area contributed by atoms with Crippen molar-refractivity contribution in [3.05, 3.63) is 93.7 Å². The van der Waals surface area contributed by atoms with E-state index in [1.54, 1.807) is 30.3 Å². The number of hydrazine groups is 1. The molecule has 1 fully saturated rings. The molecule has 2 N–H and O–H groups in total. The third-order valence-electron chi connectivity index (χ3n) is 4.69. The second-order valence-electron chi connectivity index (χ2n) is 7.14. The van der Waals surface area contributed by atoms with E-state index in [1.165, 1.54) is 42.5 Å². The Morgan fingerprint density at radius 2 is 1.74 bits per heavy atom. The molecule has 0 aliphatic carbocycles. The highest BCUT2D eigenvalue weighted by atomic mass is 35.5. The van der Waals surface area contributed by atoms with Gasteiger partial charge in [-0.25, -0.2) is 9.40 Å². The van der Waals surface area contributed by atoms with E-state index in [2.05, 4.69) is 10.7 Å². The summed E-state index contributed by atoms with van der Waals surface area (Å²) in [5.41, 5.74) is 3.59. The molecular formula is C24H16Cl2FN3O4. The van der Waals surface area contributed by atoms with Gasteiger partial charge in [0.25, 0.3) is 17.7 Å². The second-order valence-corrected chi connectivity index (χ2v) is 7.95. The third-order valence-corrected chi connectivity index (χ3v) is 5.25. The van der Waals surface area contributed by atoms with Gasteiger partial charge in [-0.2, -0.15) is 0 Å². The van der Waals surface area contributed by atoms with Crippen LogP contribution in [0.15, 0.2) is 72.3 Å². The van der Waals surface area contributed by atoms with Crippen molar-refractivity contribution in [2.45, 2.75) is 0 Å². The van der Waals surface area contributed by atoms with Crippen LogP contribution in [0, 0.1) is 5.82 Å². The Balaban J connectivity index is 1.47. The molecule has 172 valence electrons. The summed E-state index contributed by atoms with van der Waals surface area (Å²) in [4.78, 5) is 37.2. The van der Waals surface area contributed by atoms with Gasteiger partial charge in [0.15, 0.2) is 12.4 Å². The van der Waals surface area contributed by atoms with E-state index >= 15 is 0 Å². The fourth-order valence-corrected chi connectivity index (χ4v) is 3.80. The minimum atomic E-state index is -0.574. The Kier molecular flexibility index (Phi) is 6.81. The number of nitrogens with zero attached hydrogens (tertiary/aromatic N) is 1. The quantitative estimate of drug-likeness (QED) is 0.382. The zero-order valence-corrected chi connectivity index (χ0v) is 18.9. The molecule has 34 heavy (non-hydrogen) atoms. The van der Waals surface area contributed by atoms with Crippen LogP contribution in [-0.4, -0.2) is 24.3 Å². The van der Waals surface area contributed by atoms with E-state index in [1.807, 2.05) is 0 Å². The van der Waals surface area contributed by atoms with Crippen molar-refractivity contribution >= 4 is 58.4 Å². The third kappa shape index (κ3) is 5.19. The maximum absolute atomic E-state index is 13.2. The number of carbonyl (C=O) groups is 3. The Bertz CT molecular complexity index is 1290. The van der Waals surface area contributed by atoms with Gasteiger partial charge in [0.1, 0.15) is 11.4 Å². The van der Waals surface area contributed by atoms with Gasteiger partial charge in [0.05, 0.1) is 15.7 Å². The number of carbonyl (C=O) groups excluding carboxylic acids is 3. The molecule has 1 saturated heterocycles. The molecule has 0 atom stereocenters. The molecule has 7 nitrogen and oxygen atoms in total. The van der Waals surface area contributed by atoms with Crippen molar-refractivity contribution in [2.75, 3.05) is 16.9 Å². The predicted molar refractivity (Wildman–Crippen MR) is 127 cm³/mol. The van der Waals surface area contributed by atoms with Gasteiger partial charge in [-0.1, -0.05) is 47.5 Å². The molecule has 0 radical (unpaired) electrons. The number of anilines is 2. The van der Waals surface area contributed by atoms with Crippen LogP contribution in [-0.2, 0) is 14.4 Å². The van der Waals surface area contributed by atoms with Gasteiger partial charge in [-0.15, -0.1) is 0 Å². The van der Waals surface area contributed by atoms with Crippen molar-refractivity contribution < 1.29 is 23.5 Å². The average molecular weight is 500 g/mol. The fraction of sp³-hybridized carbons (Fsp3) is 0.0417. The molecule has 0 saturated carbocycles. The van der Waals surface area contributed by atoms with Crippen LogP contribution < -0.4 is 20.5 Å². The summed E-state index contributed by atoms with van der Waals surface area (Å²) in [6.45, 7) is -0.427. The highest BCUT2D eigenvalue weighted by Gasteiger charge is 2.34. The summed E-state index contributed by atoms with van der Waals surface area (Å²) < 4.78 is 18.7. The Labute approximate surface area is 203 Å². The molecule has 0 aromatic heterocycles. The highest BCUT2D eigenvalue weighted by molar-refractivity contribution is 6.37. The number of halogens is 3. The first kappa shape index (κ1) is 23.3. The molecule has 0 unspecified atom stereocenters. The first-order chi connectivity index (χ1) is 16.3. The number of hydrogen-bond acceptors (Lipinski definition) is 4. The van der Waals surface area contributed by atoms with Crippen LogP contribution in [0.5, 0.6) is 5.75 Å². The van der Waals surface area contributed by atoms with E-state index in [-0.39, 0.29) is 27.1 Å². The SMILES string of the molecule is O=C(COc1c(Cl)cc(C=C2C(=O)NN(c3ccccc3)C2=O)cc1Cl)Nc1cccc(F)c1. The lowest BCUT2D eigenvalue weighted by Crippen LogP contribution is -2.35. The number of ether oxygens (including phenoxy) is 1. The lowest BCUT2D eigenvalue weighted by molar-refractivity contribution is -0.118. The maximum Gasteiger partial charge on any atom is 0.282 e. The van der Waals surface area contributed by atoms with Crippen LogP contribution in [0.3, 0.4) is 0 Å². The number of benzene rings is 3. The van der Waals surface area contributed by atoms with Crippen LogP contribution in [0.25, 0.3) is 6.08 Å². The molecule has 1 aliphatic rings. The number of amides is 3. The second kappa shape index (κ2) is 9.94. The summed E-state index contributed by atoms with van der Waals surface area (Å²) in [5, 5.41) is 3.78. The molecule has 4 rings (SSSR count). The Morgan fingerprint density at radius 3 is 2.41 bits per heavy atom. The molecule has 3 aromatic rings. The van der Waals surface area contributed by atoms with Gasteiger partial charge >= 0.3 is 0 Å². The van der Waals surface area contributed by atoms with Crippen molar-refractivity contribution in [3.63, 3.8) is 0 Å². The Hall–Kier alpha value is -3.88. The van der Waals surface area contributed by atoms with Crippen molar-refractivity contribution in [1.82, 2.24) is 5.43 Å². The fourth-order valence-electron chi connectivity index (χ4n) is 3.18. The number of hydrogen-bond donors (Lipinski definition) is 2. The Morgan fingerprint density at radius 1 is 1.03 bits per heavy atom. The van der Waals surface area contributed by atoms with Gasteiger partial charge in [0.2, 0.25) is 0 Å². The van der Waals surface area contributed by atoms with E-state index in [4.69, 9.17) is 27.9 Å². The van der Waals surface area contributed by atoms with Crippen molar-refractivity contribution in [2.24, 2.45) is 0 Å².